The summed E-state index contributed by atoms with van der Waals surface area (Å²) in [5.41, 5.74) is 7.84. The number of nitrogens with one attached hydrogen (secondary N) is 2. The molecule has 5 aliphatic rings. The van der Waals surface area contributed by atoms with Crippen LogP contribution in [0.1, 0.15) is 81.0 Å². The largest absolute Gasteiger partial charge is 0.484 e. The van der Waals surface area contributed by atoms with Gasteiger partial charge in [-0.3, -0.25) is 43.7 Å². The van der Waals surface area contributed by atoms with Crippen molar-refractivity contribution in [2.24, 2.45) is 11.8 Å². The summed E-state index contributed by atoms with van der Waals surface area (Å²) in [7, 11) is 0. The number of hydrogen-bond acceptors (Lipinski definition) is 15. The first-order valence-corrected chi connectivity index (χ1v) is 24.1. The van der Waals surface area contributed by atoms with Gasteiger partial charge in [0.15, 0.2) is 18.1 Å². The molecule has 4 atom stereocenters. The smallest absolute Gasteiger partial charge is 0.361 e. The molecule has 0 spiro atoms. The Hall–Kier alpha value is -7.91. The number of anilines is 2. The molecule has 0 saturated carbocycles. The number of amides is 6. The van der Waals surface area contributed by atoms with Gasteiger partial charge in [0, 0.05) is 68.7 Å². The first-order valence-electron chi connectivity index (χ1n) is 24.1. The number of likely N-dealkylation sites (tertiary alicyclic amines) is 3. The number of carbonyl (C=O) groups excluding carboxylic acids is 7. The van der Waals surface area contributed by atoms with Crippen LogP contribution in [0.4, 0.5) is 15.9 Å². The fourth-order valence-electron chi connectivity index (χ4n) is 10.3. The van der Waals surface area contributed by atoms with Crippen molar-refractivity contribution >= 4 is 52.9 Å². The van der Waals surface area contributed by atoms with E-state index in [4.69, 9.17) is 15.2 Å². The van der Waals surface area contributed by atoms with Crippen LogP contribution in [-0.2, 0) is 23.9 Å². The lowest BCUT2D eigenvalue weighted by molar-refractivity contribution is -0.136. The SMILES string of the molecule is Nc1ncc(-c2cnn(C3CCN(CCCN4CC5CN(C(=O)COc6ccc7c(c6)C(=O)N(C6CCC(=O)NC6=O)C7=O)CC5C4)CC3)c2)nc1C(=O)O[C@@H](C(=O)Nc1ccc(F)cc1)c1ccccc1. The molecule has 72 heavy (non-hydrogen) atoms. The number of carbonyl (C=O) groups is 7. The number of benzene rings is 3. The van der Waals surface area contributed by atoms with Gasteiger partial charge in [0.2, 0.25) is 17.9 Å². The van der Waals surface area contributed by atoms with Gasteiger partial charge in [-0.05, 0) is 93.1 Å². The normalized spacial score (nSPS) is 20.8. The van der Waals surface area contributed by atoms with Crippen LogP contribution in [0.15, 0.2) is 91.4 Å². The van der Waals surface area contributed by atoms with Crippen molar-refractivity contribution in [3.8, 4) is 17.0 Å². The summed E-state index contributed by atoms with van der Waals surface area (Å²) in [6, 6.07) is 17.2. The number of halogens is 1. The number of fused-ring (bicyclic) bond motifs is 2. The Morgan fingerprint density at radius 1 is 0.847 bits per heavy atom. The molecule has 4 saturated heterocycles. The molecule has 0 aliphatic carbocycles. The van der Waals surface area contributed by atoms with Gasteiger partial charge in [-0.25, -0.2) is 19.2 Å². The number of nitrogen functional groups attached to an aromatic ring is 1. The zero-order valence-electron chi connectivity index (χ0n) is 39.2. The Balaban J connectivity index is 0.651. The molecule has 10 rings (SSSR count). The summed E-state index contributed by atoms with van der Waals surface area (Å²) in [6.45, 7) is 6.72. The highest BCUT2D eigenvalue weighted by atomic mass is 19.1. The van der Waals surface area contributed by atoms with Gasteiger partial charge in [-0.15, -0.1) is 0 Å². The molecule has 21 heteroatoms. The highest BCUT2D eigenvalue weighted by Gasteiger charge is 2.45. The van der Waals surface area contributed by atoms with E-state index in [0.717, 1.165) is 63.4 Å². The number of ether oxygens (including phenoxy) is 2. The quantitative estimate of drug-likeness (QED) is 0.100. The first-order chi connectivity index (χ1) is 34.8. The molecule has 20 nitrogen and oxygen atoms in total. The molecule has 6 amide bonds. The number of nitrogens with zero attached hydrogens (tertiary/aromatic N) is 8. The Morgan fingerprint density at radius 3 is 2.31 bits per heavy atom. The van der Waals surface area contributed by atoms with Gasteiger partial charge in [-0.2, -0.15) is 5.10 Å². The van der Waals surface area contributed by atoms with Crippen molar-refractivity contribution in [2.45, 2.75) is 50.3 Å². The molecule has 3 unspecified atom stereocenters. The number of imide groups is 2. The average molecular weight is 982 g/mol. The maximum Gasteiger partial charge on any atom is 0.361 e. The Bertz CT molecular complexity index is 2910. The van der Waals surface area contributed by atoms with Crippen molar-refractivity contribution in [1.29, 1.82) is 0 Å². The lowest BCUT2D eigenvalue weighted by Crippen LogP contribution is -2.54. The minimum Gasteiger partial charge on any atom is -0.484 e. The van der Waals surface area contributed by atoms with Crippen molar-refractivity contribution in [1.82, 2.24) is 44.7 Å². The Labute approximate surface area is 412 Å². The third kappa shape index (κ3) is 10.2. The predicted molar refractivity (Wildman–Crippen MR) is 255 cm³/mol. The van der Waals surface area contributed by atoms with E-state index in [1.54, 1.807) is 36.5 Å². The van der Waals surface area contributed by atoms with Crippen molar-refractivity contribution in [3.63, 3.8) is 0 Å². The highest BCUT2D eigenvalue weighted by molar-refractivity contribution is 6.23. The number of nitrogens with two attached hydrogens (primary N) is 1. The number of esters is 1. The summed E-state index contributed by atoms with van der Waals surface area (Å²) in [5.74, 6) is -3.70. The van der Waals surface area contributed by atoms with Crippen LogP contribution >= 0.6 is 0 Å². The Kier molecular flexibility index (Phi) is 13.6. The molecule has 372 valence electrons. The van der Waals surface area contributed by atoms with E-state index in [0.29, 0.717) is 47.4 Å². The van der Waals surface area contributed by atoms with Crippen LogP contribution < -0.4 is 21.1 Å². The lowest BCUT2D eigenvalue weighted by Gasteiger charge is -2.32. The zero-order chi connectivity index (χ0) is 50.0. The third-order valence-corrected chi connectivity index (χ3v) is 14.1. The molecule has 5 aromatic rings. The molecule has 4 fully saturated rings. The minimum atomic E-state index is -1.37. The number of aromatic nitrogens is 4. The van der Waals surface area contributed by atoms with Gasteiger partial charge in [0.25, 0.3) is 23.6 Å². The molecule has 0 radical (unpaired) electrons. The van der Waals surface area contributed by atoms with Gasteiger partial charge in [0.05, 0.1) is 35.3 Å². The average Bonchev–Trinajstić information content (AvgIpc) is 4.17. The fraction of sp³-hybridized carbons (Fsp3) is 0.373. The minimum absolute atomic E-state index is 0.0306. The van der Waals surface area contributed by atoms with E-state index in [1.807, 2.05) is 15.8 Å². The molecule has 4 N–H and O–H groups in total. The zero-order valence-corrected chi connectivity index (χ0v) is 39.2. The van der Waals surface area contributed by atoms with Crippen molar-refractivity contribution < 1.29 is 47.4 Å². The molecule has 2 aromatic heterocycles. The maximum absolute atomic E-state index is 13.6. The maximum atomic E-state index is 13.6. The van der Waals surface area contributed by atoms with Crippen LogP contribution in [0.5, 0.6) is 5.75 Å². The van der Waals surface area contributed by atoms with Gasteiger partial charge in [-0.1, -0.05) is 30.3 Å². The summed E-state index contributed by atoms with van der Waals surface area (Å²) in [4.78, 5) is 107. The van der Waals surface area contributed by atoms with E-state index in [1.165, 1.54) is 48.7 Å². The number of piperidine rings is 2. The molecule has 0 bridgehead atoms. The number of hydrogen-bond donors (Lipinski definition) is 3. The second-order valence-corrected chi connectivity index (χ2v) is 18.8. The standard InChI is InChI=1S/C51H52FN11O9/c52-34-7-9-35(10-8-34)56-48(67)45(30-5-2-1-3-6-30)72-51(70)44-46(53)54-23-40(57-44)31-22-55-62(28-31)36-15-19-59(20-16-36)17-4-18-60-24-32-26-61(27-33(32)25-60)43(65)29-71-37-11-12-38-39(21-37)50(69)63(49(38)68)41-13-14-42(64)58-47(41)66/h1-3,5-12,21-23,28,32-33,36,41,45H,4,13-20,24-27,29H2,(H2,53,54)(H,56,67)(H,58,64,66)/t32?,33?,41?,45-/m1/s1. The summed E-state index contributed by atoms with van der Waals surface area (Å²) in [5, 5.41) is 9.49. The first kappa shape index (κ1) is 47.8. The van der Waals surface area contributed by atoms with E-state index in [9.17, 15) is 38.0 Å². The lowest BCUT2D eigenvalue weighted by atomic mass is 10.0. The molecule has 3 aromatic carbocycles. The molecule has 7 heterocycles. The van der Waals surface area contributed by atoms with E-state index < -0.39 is 53.5 Å². The topological polar surface area (TPSA) is 245 Å². The van der Waals surface area contributed by atoms with E-state index in [-0.39, 0.29) is 59.8 Å². The van der Waals surface area contributed by atoms with E-state index in [2.05, 4.69) is 35.5 Å². The summed E-state index contributed by atoms with van der Waals surface area (Å²) in [6.07, 6.45) is 6.57. The highest BCUT2D eigenvalue weighted by Crippen LogP contribution is 2.34. The number of rotatable bonds is 15. The van der Waals surface area contributed by atoms with Crippen LogP contribution in [0, 0.1) is 17.7 Å². The molecule has 5 aliphatic heterocycles. The van der Waals surface area contributed by atoms with Crippen molar-refractivity contribution in [3.05, 3.63) is 120 Å². The van der Waals surface area contributed by atoms with Crippen molar-refractivity contribution in [2.75, 3.05) is 70.0 Å². The van der Waals surface area contributed by atoms with Gasteiger partial charge < -0.3 is 35.2 Å². The predicted octanol–water partition coefficient (Wildman–Crippen LogP) is 3.50. The van der Waals surface area contributed by atoms with Crippen LogP contribution in [0.3, 0.4) is 0 Å². The van der Waals surface area contributed by atoms with E-state index >= 15 is 0 Å². The monoisotopic (exact) mass is 981 g/mol. The van der Waals surface area contributed by atoms with Gasteiger partial charge in [0.1, 0.15) is 17.6 Å². The van der Waals surface area contributed by atoms with Crippen LogP contribution in [0.2, 0.25) is 0 Å². The second kappa shape index (κ2) is 20.4. The second-order valence-electron chi connectivity index (χ2n) is 18.8. The van der Waals surface area contributed by atoms with Crippen LogP contribution in [0.25, 0.3) is 11.3 Å². The Morgan fingerprint density at radius 2 is 1.57 bits per heavy atom. The van der Waals surface area contributed by atoms with Gasteiger partial charge >= 0.3 is 5.97 Å². The summed E-state index contributed by atoms with van der Waals surface area (Å²) < 4.78 is 27.0. The molecular formula is C51H52FN11O9. The molecular weight excluding hydrogens is 930 g/mol. The third-order valence-electron chi connectivity index (χ3n) is 14.1. The summed E-state index contributed by atoms with van der Waals surface area (Å²) >= 11 is 0. The van der Waals surface area contributed by atoms with Crippen LogP contribution in [-0.4, -0.2) is 146 Å². The fourth-order valence-corrected chi connectivity index (χ4v) is 10.3.